The van der Waals surface area contributed by atoms with Crippen LogP contribution in [0.3, 0.4) is 0 Å². The second-order valence-electron chi connectivity index (χ2n) is 8.10. The first-order chi connectivity index (χ1) is 14.6. The van der Waals surface area contributed by atoms with Gasteiger partial charge in [0.25, 0.3) is 5.56 Å². The maximum Gasteiger partial charge on any atom is 0.255 e. The van der Waals surface area contributed by atoms with E-state index in [0.717, 1.165) is 43.4 Å². The van der Waals surface area contributed by atoms with E-state index in [1.165, 1.54) is 5.69 Å². The molecule has 3 aromatic rings. The van der Waals surface area contributed by atoms with Crippen molar-refractivity contribution in [2.45, 2.75) is 0 Å². The van der Waals surface area contributed by atoms with Crippen LogP contribution in [0.2, 0.25) is 0 Å². The molecule has 5 rings (SSSR count). The molecule has 7 heteroatoms. The lowest BCUT2D eigenvalue weighted by atomic mass is 10.0. The Morgan fingerprint density at radius 1 is 0.933 bits per heavy atom. The highest BCUT2D eigenvalue weighted by Gasteiger charge is 2.41. The third-order valence-corrected chi connectivity index (χ3v) is 6.29. The lowest BCUT2D eigenvalue weighted by Gasteiger charge is -2.25. The second-order valence-corrected chi connectivity index (χ2v) is 8.10. The fourth-order valence-corrected chi connectivity index (χ4v) is 4.64. The first kappa shape index (κ1) is 18.7. The third kappa shape index (κ3) is 3.30. The Kier molecular flexibility index (Phi) is 4.65. The van der Waals surface area contributed by atoms with Gasteiger partial charge in [-0.2, -0.15) is 0 Å². The van der Waals surface area contributed by atoms with Gasteiger partial charge < -0.3 is 14.5 Å². The van der Waals surface area contributed by atoms with Crippen LogP contribution in [0.1, 0.15) is 0 Å². The summed E-state index contributed by atoms with van der Waals surface area (Å²) in [6.45, 7) is 3.87. The largest absolute Gasteiger partial charge is 0.497 e. The molecule has 2 atom stereocenters. The van der Waals surface area contributed by atoms with Gasteiger partial charge in [0.2, 0.25) is 5.95 Å². The molecule has 30 heavy (non-hydrogen) atoms. The van der Waals surface area contributed by atoms with Crippen LogP contribution in [-0.2, 0) is 7.05 Å². The number of fused-ring (bicyclic) bond motifs is 1. The van der Waals surface area contributed by atoms with Crippen LogP contribution in [0.25, 0.3) is 11.3 Å². The minimum Gasteiger partial charge on any atom is -0.497 e. The molecule has 0 aliphatic carbocycles. The van der Waals surface area contributed by atoms with Crippen molar-refractivity contribution in [3.8, 4) is 17.0 Å². The van der Waals surface area contributed by atoms with Gasteiger partial charge in [-0.15, -0.1) is 0 Å². The number of nitrogens with zero attached hydrogens (tertiary/aromatic N) is 5. The van der Waals surface area contributed by atoms with Gasteiger partial charge in [0.1, 0.15) is 5.75 Å². The van der Waals surface area contributed by atoms with E-state index in [9.17, 15) is 4.79 Å². The molecule has 0 bridgehead atoms. The van der Waals surface area contributed by atoms with Crippen molar-refractivity contribution in [3.63, 3.8) is 0 Å². The molecule has 2 aromatic heterocycles. The van der Waals surface area contributed by atoms with Crippen LogP contribution < -0.4 is 20.1 Å². The number of hydrogen-bond acceptors (Lipinski definition) is 6. The standard InChI is InChI=1S/C23H25N5O2/c1-26-22(29)11-21(16-7-9-24-10-8-16)25-23(26)28-14-17-12-27(13-18(17)15-28)19-3-5-20(30-2)6-4-19/h3-11,17-18H,12-15H2,1-2H3/t17-,18+. The number of anilines is 2. The molecule has 0 unspecified atom stereocenters. The van der Waals surface area contributed by atoms with Gasteiger partial charge in [-0.25, -0.2) is 4.98 Å². The van der Waals surface area contributed by atoms with Crippen molar-refractivity contribution in [2.24, 2.45) is 18.9 Å². The molecule has 2 fully saturated rings. The zero-order valence-corrected chi connectivity index (χ0v) is 17.2. The molecular weight excluding hydrogens is 378 g/mol. The first-order valence-electron chi connectivity index (χ1n) is 10.2. The molecule has 2 saturated heterocycles. The lowest BCUT2D eigenvalue weighted by Crippen LogP contribution is -2.33. The topological polar surface area (TPSA) is 63.5 Å². The van der Waals surface area contributed by atoms with Crippen molar-refractivity contribution < 1.29 is 4.74 Å². The number of methoxy groups -OCH3 is 1. The zero-order valence-electron chi connectivity index (χ0n) is 17.2. The molecule has 0 radical (unpaired) electrons. The van der Waals surface area contributed by atoms with E-state index in [1.54, 1.807) is 37.2 Å². The van der Waals surface area contributed by atoms with Crippen LogP contribution in [0, 0.1) is 11.8 Å². The Balaban J connectivity index is 1.35. The summed E-state index contributed by atoms with van der Waals surface area (Å²) in [7, 11) is 3.49. The van der Waals surface area contributed by atoms with Gasteiger partial charge >= 0.3 is 0 Å². The normalized spacial score (nSPS) is 20.5. The van der Waals surface area contributed by atoms with E-state index in [0.29, 0.717) is 17.5 Å². The number of hydrogen-bond donors (Lipinski definition) is 0. The summed E-state index contributed by atoms with van der Waals surface area (Å²) in [5.74, 6) is 2.76. The van der Waals surface area contributed by atoms with E-state index >= 15 is 0 Å². The number of benzene rings is 1. The fraction of sp³-hybridized carbons (Fsp3) is 0.348. The lowest BCUT2D eigenvalue weighted by molar-refractivity contribution is 0.415. The minimum atomic E-state index is -0.0382. The molecule has 0 spiro atoms. The Bertz CT molecular complexity index is 1080. The summed E-state index contributed by atoms with van der Waals surface area (Å²) in [6, 6.07) is 13.7. The molecule has 0 amide bonds. The maximum atomic E-state index is 12.6. The van der Waals surface area contributed by atoms with E-state index in [2.05, 4.69) is 26.9 Å². The summed E-state index contributed by atoms with van der Waals surface area (Å²) >= 11 is 0. The zero-order chi connectivity index (χ0) is 20.7. The van der Waals surface area contributed by atoms with Gasteiger partial charge in [-0.3, -0.25) is 14.3 Å². The van der Waals surface area contributed by atoms with Crippen LogP contribution in [0.15, 0.2) is 59.7 Å². The van der Waals surface area contributed by atoms with Crippen molar-refractivity contribution >= 4 is 11.6 Å². The number of aromatic nitrogens is 3. The van der Waals surface area contributed by atoms with E-state index in [-0.39, 0.29) is 5.56 Å². The molecule has 0 saturated carbocycles. The van der Waals surface area contributed by atoms with Crippen LogP contribution in [0.4, 0.5) is 11.6 Å². The number of rotatable bonds is 4. The highest BCUT2D eigenvalue weighted by Crippen LogP contribution is 2.36. The second kappa shape index (κ2) is 7.48. The summed E-state index contributed by atoms with van der Waals surface area (Å²) in [6.07, 6.45) is 3.45. The van der Waals surface area contributed by atoms with Crippen molar-refractivity contribution in [1.29, 1.82) is 0 Å². The summed E-state index contributed by atoms with van der Waals surface area (Å²) in [4.78, 5) is 26.2. The average Bonchev–Trinajstić information content (AvgIpc) is 3.35. The number of ether oxygens (including phenoxy) is 1. The van der Waals surface area contributed by atoms with Gasteiger partial charge in [0.15, 0.2) is 0 Å². The molecular formula is C23H25N5O2. The molecule has 2 aliphatic rings. The molecule has 154 valence electrons. The quantitative estimate of drug-likeness (QED) is 0.667. The molecule has 7 nitrogen and oxygen atoms in total. The molecule has 2 aliphatic heterocycles. The predicted octanol–water partition coefficient (Wildman–Crippen LogP) is 2.42. The fourth-order valence-electron chi connectivity index (χ4n) is 4.64. The maximum absolute atomic E-state index is 12.6. The van der Waals surface area contributed by atoms with Crippen LogP contribution >= 0.6 is 0 Å². The SMILES string of the molecule is COc1ccc(N2C[C@@H]3CN(c4nc(-c5ccncc5)cc(=O)n4C)C[C@@H]3C2)cc1. The third-order valence-electron chi connectivity index (χ3n) is 6.29. The van der Waals surface area contributed by atoms with Gasteiger partial charge in [-0.1, -0.05) is 0 Å². The predicted molar refractivity (Wildman–Crippen MR) is 117 cm³/mol. The van der Waals surface area contributed by atoms with E-state index < -0.39 is 0 Å². The first-order valence-corrected chi connectivity index (χ1v) is 10.2. The van der Waals surface area contributed by atoms with E-state index in [4.69, 9.17) is 9.72 Å². The molecule has 1 aromatic carbocycles. The summed E-state index contributed by atoms with van der Waals surface area (Å²) in [5.41, 5.74) is 2.81. The van der Waals surface area contributed by atoms with Gasteiger partial charge in [-0.05, 0) is 36.4 Å². The van der Waals surface area contributed by atoms with Crippen molar-refractivity contribution in [2.75, 3.05) is 43.1 Å². The Morgan fingerprint density at radius 3 is 2.20 bits per heavy atom. The molecule has 4 heterocycles. The Hall–Kier alpha value is -3.35. The minimum absolute atomic E-state index is 0.0382. The highest BCUT2D eigenvalue weighted by atomic mass is 16.5. The van der Waals surface area contributed by atoms with E-state index in [1.807, 2.05) is 24.3 Å². The van der Waals surface area contributed by atoms with Gasteiger partial charge in [0, 0.05) is 74.8 Å². The highest BCUT2D eigenvalue weighted by molar-refractivity contribution is 5.60. The van der Waals surface area contributed by atoms with Crippen molar-refractivity contribution in [3.05, 3.63) is 65.2 Å². The molecule has 0 N–H and O–H groups in total. The van der Waals surface area contributed by atoms with Crippen molar-refractivity contribution in [1.82, 2.24) is 14.5 Å². The summed E-state index contributed by atoms with van der Waals surface area (Å²) < 4.78 is 6.93. The Labute approximate surface area is 175 Å². The Morgan fingerprint density at radius 2 is 1.57 bits per heavy atom. The summed E-state index contributed by atoms with van der Waals surface area (Å²) in [5, 5.41) is 0. The van der Waals surface area contributed by atoms with Crippen LogP contribution in [0.5, 0.6) is 5.75 Å². The monoisotopic (exact) mass is 403 g/mol. The average molecular weight is 403 g/mol. The smallest absolute Gasteiger partial charge is 0.255 e. The van der Waals surface area contributed by atoms with Gasteiger partial charge in [0.05, 0.1) is 12.8 Å². The van der Waals surface area contributed by atoms with Crippen LogP contribution in [-0.4, -0.2) is 47.8 Å². The number of pyridine rings is 1.